The highest BCUT2D eigenvalue weighted by Crippen LogP contribution is 2.41. The molecule has 33 heavy (non-hydrogen) atoms. The molecule has 0 bridgehead atoms. The Morgan fingerprint density at radius 2 is 1.73 bits per heavy atom. The molecule has 1 atom stereocenters. The Balaban J connectivity index is 2.15. The summed E-state index contributed by atoms with van der Waals surface area (Å²) < 4.78 is 24.5. The van der Waals surface area contributed by atoms with Crippen molar-refractivity contribution in [3.8, 4) is 11.5 Å². The minimum absolute atomic E-state index is 0.0118. The van der Waals surface area contributed by atoms with E-state index < -0.39 is 29.3 Å². The molecule has 1 aliphatic heterocycles. The number of methoxy groups -OCH3 is 2. The number of hydrogen-bond donors (Lipinski definition) is 1. The molecule has 1 amide bonds. The van der Waals surface area contributed by atoms with Gasteiger partial charge in [0.25, 0.3) is 11.7 Å². The summed E-state index contributed by atoms with van der Waals surface area (Å²) in [5.41, 5.74) is 0.540. The highest BCUT2D eigenvalue weighted by molar-refractivity contribution is 6.46. The maximum Gasteiger partial charge on any atom is 0.295 e. The van der Waals surface area contributed by atoms with Gasteiger partial charge < -0.3 is 24.4 Å². The van der Waals surface area contributed by atoms with Crippen LogP contribution in [0.3, 0.4) is 0 Å². The number of aliphatic hydroxyl groups is 1. The Bertz CT molecular complexity index is 1050. The van der Waals surface area contributed by atoms with Gasteiger partial charge in [-0.05, 0) is 49.0 Å². The number of ether oxygens (including phenoxy) is 2. The summed E-state index contributed by atoms with van der Waals surface area (Å²) in [5, 5.41) is 11.2. The highest BCUT2D eigenvalue weighted by atomic mass is 19.1. The normalized spacial score (nSPS) is 17.6. The second kappa shape index (κ2) is 10.5. The fourth-order valence-electron chi connectivity index (χ4n) is 4.04. The van der Waals surface area contributed by atoms with Gasteiger partial charge in [-0.2, -0.15) is 0 Å². The van der Waals surface area contributed by atoms with Gasteiger partial charge in [0.15, 0.2) is 0 Å². The Kier molecular flexibility index (Phi) is 7.71. The van der Waals surface area contributed by atoms with Crippen LogP contribution in [0.25, 0.3) is 5.76 Å². The molecule has 7 nitrogen and oxygen atoms in total. The van der Waals surface area contributed by atoms with Crippen LogP contribution in [0.2, 0.25) is 0 Å². The van der Waals surface area contributed by atoms with Crippen molar-refractivity contribution in [1.29, 1.82) is 0 Å². The molecule has 1 aliphatic rings. The molecule has 0 aromatic heterocycles. The van der Waals surface area contributed by atoms with Crippen molar-refractivity contribution in [1.82, 2.24) is 9.80 Å². The molecule has 1 saturated heterocycles. The number of hydrogen-bond acceptors (Lipinski definition) is 6. The average Bonchev–Trinajstić information content (AvgIpc) is 3.09. The number of carbonyl (C=O) groups is 2. The molecule has 0 radical (unpaired) electrons. The van der Waals surface area contributed by atoms with E-state index in [1.165, 1.54) is 24.1 Å². The molecule has 2 aromatic rings. The van der Waals surface area contributed by atoms with Crippen LogP contribution < -0.4 is 9.47 Å². The van der Waals surface area contributed by atoms with Crippen molar-refractivity contribution < 1.29 is 28.6 Å². The van der Waals surface area contributed by atoms with Crippen molar-refractivity contribution in [2.45, 2.75) is 19.9 Å². The number of likely N-dealkylation sites (N-methyl/N-ethyl adjacent to an activating group) is 1. The largest absolute Gasteiger partial charge is 0.507 e. The molecular formula is C25H29FN2O5. The van der Waals surface area contributed by atoms with E-state index in [0.29, 0.717) is 24.4 Å². The quantitative estimate of drug-likeness (QED) is 0.353. The number of amides is 1. The first-order valence-corrected chi connectivity index (χ1v) is 10.8. The fraction of sp³-hybridized carbons (Fsp3) is 0.360. The van der Waals surface area contributed by atoms with Crippen molar-refractivity contribution >= 4 is 17.4 Å². The molecule has 1 heterocycles. The van der Waals surface area contributed by atoms with Crippen LogP contribution in [0, 0.1) is 5.82 Å². The summed E-state index contributed by atoms with van der Waals surface area (Å²) in [6, 6.07) is 9.75. The van der Waals surface area contributed by atoms with E-state index in [2.05, 4.69) is 4.90 Å². The Morgan fingerprint density at radius 3 is 2.30 bits per heavy atom. The van der Waals surface area contributed by atoms with E-state index in [0.717, 1.165) is 19.2 Å². The topological polar surface area (TPSA) is 79.3 Å². The van der Waals surface area contributed by atoms with Crippen molar-refractivity contribution in [3.05, 3.63) is 65.0 Å². The maximum absolute atomic E-state index is 14.0. The minimum Gasteiger partial charge on any atom is -0.507 e. The third-order valence-corrected chi connectivity index (χ3v) is 5.94. The lowest BCUT2D eigenvalue weighted by Crippen LogP contribution is -2.38. The van der Waals surface area contributed by atoms with Crippen molar-refractivity contribution in [2.75, 3.05) is 40.4 Å². The first kappa shape index (κ1) is 24.3. The smallest absolute Gasteiger partial charge is 0.295 e. The van der Waals surface area contributed by atoms with Gasteiger partial charge in [0, 0.05) is 13.1 Å². The van der Waals surface area contributed by atoms with Gasteiger partial charge in [-0.1, -0.05) is 26.0 Å². The van der Waals surface area contributed by atoms with E-state index in [4.69, 9.17) is 9.47 Å². The van der Waals surface area contributed by atoms with Gasteiger partial charge in [-0.3, -0.25) is 9.59 Å². The molecule has 1 N–H and O–H groups in total. The SMILES string of the molecule is CCN(CC)CCN1C(=O)C(=O)/C(=C(/O)c2cc(F)ccc2OC)C1c1ccc(OC)cc1. The maximum atomic E-state index is 14.0. The molecule has 1 unspecified atom stereocenters. The monoisotopic (exact) mass is 456 g/mol. The average molecular weight is 457 g/mol. The fourth-order valence-corrected chi connectivity index (χ4v) is 4.04. The van der Waals surface area contributed by atoms with Crippen LogP contribution in [0.5, 0.6) is 11.5 Å². The summed E-state index contributed by atoms with van der Waals surface area (Å²) in [4.78, 5) is 29.8. The van der Waals surface area contributed by atoms with Crippen LogP contribution in [-0.2, 0) is 9.59 Å². The van der Waals surface area contributed by atoms with Crippen molar-refractivity contribution in [3.63, 3.8) is 0 Å². The Hall–Kier alpha value is -3.39. The predicted molar refractivity (Wildman–Crippen MR) is 123 cm³/mol. The lowest BCUT2D eigenvalue weighted by molar-refractivity contribution is -0.140. The molecule has 0 saturated carbocycles. The van der Waals surface area contributed by atoms with Crippen molar-refractivity contribution in [2.24, 2.45) is 0 Å². The molecular weight excluding hydrogens is 427 g/mol. The zero-order chi connectivity index (χ0) is 24.1. The molecule has 8 heteroatoms. The van der Waals surface area contributed by atoms with Gasteiger partial charge in [0.05, 0.1) is 31.4 Å². The highest BCUT2D eigenvalue weighted by Gasteiger charge is 2.46. The summed E-state index contributed by atoms with van der Waals surface area (Å²) in [6.07, 6.45) is 0. The van der Waals surface area contributed by atoms with Gasteiger partial charge in [-0.15, -0.1) is 0 Å². The Labute approximate surface area is 193 Å². The van der Waals surface area contributed by atoms with Crippen LogP contribution in [0.4, 0.5) is 4.39 Å². The number of halogens is 1. The lowest BCUT2D eigenvalue weighted by atomic mass is 9.95. The summed E-state index contributed by atoms with van der Waals surface area (Å²) in [5.74, 6) is -1.80. The van der Waals surface area contributed by atoms with Crippen LogP contribution >= 0.6 is 0 Å². The number of rotatable bonds is 9. The third-order valence-electron chi connectivity index (χ3n) is 5.94. The van der Waals surface area contributed by atoms with Crippen LogP contribution in [0.1, 0.15) is 31.0 Å². The number of likely N-dealkylation sites (tertiary alicyclic amines) is 1. The summed E-state index contributed by atoms with van der Waals surface area (Å²) >= 11 is 0. The van der Waals surface area contributed by atoms with Gasteiger partial charge in [0.2, 0.25) is 0 Å². The second-order valence-electron chi connectivity index (χ2n) is 7.64. The summed E-state index contributed by atoms with van der Waals surface area (Å²) in [6.45, 7) is 6.50. The first-order chi connectivity index (χ1) is 15.9. The van der Waals surface area contributed by atoms with Crippen LogP contribution in [-0.4, -0.2) is 67.0 Å². The molecule has 176 valence electrons. The molecule has 1 fully saturated rings. The molecule has 2 aromatic carbocycles. The third kappa shape index (κ3) is 4.85. The van der Waals surface area contributed by atoms with Crippen LogP contribution in [0.15, 0.2) is 48.0 Å². The molecule has 3 rings (SSSR count). The first-order valence-electron chi connectivity index (χ1n) is 10.8. The molecule has 0 spiro atoms. The predicted octanol–water partition coefficient (Wildman–Crippen LogP) is 3.61. The number of carbonyl (C=O) groups excluding carboxylic acids is 2. The van der Waals surface area contributed by atoms with E-state index in [1.54, 1.807) is 31.4 Å². The van der Waals surface area contributed by atoms with E-state index in [1.807, 2.05) is 13.8 Å². The number of Topliss-reactive ketones (excluding diaryl/α,β-unsaturated/α-hetero) is 1. The summed E-state index contributed by atoms with van der Waals surface area (Å²) in [7, 11) is 2.93. The number of benzene rings is 2. The molecule has 0 aliphatic carbocycles. The van der Waals surface area contributed by atoms with E-state index >= 15 is 0 Å². The Morgan fingerprint density at radius 1 is 1.06 bits per heavy atom. The van der Waals surface area contributed by atoms with E-state index in [-0.39, 0.29) is 16.9 Å². The van der Waals surface area contributed by atoms with Gasteiger partial charge >= 0.3 is 0 Å². The zero-order valence-corrected chi connectivity index (χ0v) is 19.3. The standard InChI is InChI=1S/C25H29FN2O5/c1-5-27(6-2)13-14-28-22(16-7-10-18(32-3)11-8-16)21(24(30)25(28)31)23(29)19-15-17(26)9-12-20(19)33-4/h7-12,15,22,29H,5-6,13-14H2,1-4H3/b23-21+. The van der Waals surface area contributed by atoms with E-state index in [9.17, 15) is 19.1 Å². The number of aliphatic hydroxyl groups excluding tert-OH is 1. The minimum atomic E-state index is -0.834. The number of nitrogens with zero attached hydrogens (tertiary/aromatic N) is 2. The lowest BCUT2D eigenvalue weighted by Gasteiger charge is -2.28. The van der Waals surface area contributed by atoms with Gasteiger partial charge in [0.1, 0.15) is 23.1 Å². The second-order valence-corrected chi connectivity index (χ2v) is 7.64. The number of ketones is 1. The van der Waals surface area contributed by atoms with Gasteiger partial charge in [-0.25, -0.2) is 4.39 Å². The zero-order valence-electron chi connectivity index (χ0n) is 19.3.